The number of alkyl halides is 3. The molecule has 0 saturated heterocycles. The molecule has 0 radical (unpaired) electrons. The van der Waals surface area contributed by atoms with Crippen LogP contribution in [0.2, 0.25) is 0 Å². The molecule has 1 aromatic rings. The van der Waals surface area contributed by atoms with Gasteiger partial charge in [0.1, 0.15) is 0 Å². The molecule has 104 valence electrons. The van der Waals surface area contributed by atoms with E-state index in [1.54, 1.807) is 17.0 Å². The van der Waals surface area contributed by atoms with E-state index in [0.717, 1.165) is 0 Å². The van der Waals surface area contributed by atoms with E-state index in [4.69, 9.17) is 5.11 Å². The van der Waals surface area contributed by atoms with E-state index in [1.807, 2.05) is 0 Å². The number of fused-ring (bicyclic) bond motifs is 1. The Morgan fingerprint density at radius 3 is 2.74 bits per heavy atom. The van der Waals surface area contributed by atoms with Crippen molar-refractivity contribution in [3.8, 4) is 0 Å². The summed E-state index contributed by atoms with van der Waals surface area (Å²) >= 11 is 0. The Bertz CT molecular complexity index is 485. The SMILES string of the molecule is O=C(O)c1cccc2c1CCCN2CCC(F)(F)F. The highest BCUT2D eigenvalue weighted by molar-refractivity contribution is 5.91. The minimum absolute atomic E-state index is 0.125. The van der Waals surface area contributed by atoms with Gasteiger partial charge in [0.25, 0.3) is 0 Å². The molecule has 0 aliphatic carbocycles. The molecule has 1 aromatic carbocycles. The zero-order valence-corrected chi connectivity index (χ0v) is 10.2. The van der Waals surface area contributed by atoms with Crippen molar-refractivity contribution in [3.63, 3.8) is 0 Å². The van der Waals surface area contributed by atoms with Crippen LogP contribution in [0, 0.1) is 0 Å². The number of rotatable bonds is 3. The molecule has 0 fully saturated rings. The van der Waals surface area contributed by atoms with Crippen molar-refractivity contribution >= 4 is 11.7 Å². The lowest BCUT2D eigenvalue weighted by Crippen LogP contribution is -2.33. The third-order valence-corrected chi connectivity index (χ3v) is 3.24. The van der Waals surface area contributed by atoms with Crippen LogP contribution in [-0.4, -0.2) is 30.3 Å². The van der Waals surface area contributed by atoms with E-state index in [1.165, 1.54) is 6.07 Å². The summed E-state index contributed by atoms with van der Waals surface area (Å²) in [6.45, 7) is 0.408. The molecule has 19 heavy (non-hydrogen) atoms. The van der Waals surface area contributed by atoms with Gasteiger partial charge in [-0.3, -0.25) is 0 Å². The van der Waals surface area contributed by atoms with E-state index in [9.17, 15) is 18.0 Å². The van der Waals surface area contributed by atoms with Gasteiger partial charge in [-0.25, -0.2) is 4.79 Å². The number of carbonyl (C=O) groups is 1. The van der Waals surface area contributed by atoms with Gasteiger partial charge in [-0.15, -0.1) is 0 Å². The molecule has 1 N–H and O–H groups in total. The lowest BCUT2D eigenvalue weighted by molar-refractivity contribution is -0.132. The molecule has 1 heterocycles. The van der Waals surface area contributed by atoms with Crippen LogP contribution in [-0.2, 0) is 6.42 Å². The van der Waals surface area contributed by atoms with E-state index in [-0.39, 0.29) is 12.1 Å². The molecular weight excluding hydrogens is 259 g/mol. The highest BCUT2D eigenvalue weighted by atomic mass is 19.4. The molecule has 1 aliphatic rings. The van der Waals surface area contributed by atoms with E-state index < -0.39 is 18.6 Å². The van der Waals surface area contributed by atoms with Crippen LogP contribution in [0.1, 0.15) is 28.8 Å². The topological polar surface area (TPSA) is 40.5 Å². The predicted molar refractivity (Wildman–Crippen MR) is 64.6 cm³/mol. The summed E-state index contributed by atoms with van der Waals surface area (Å²) in [5.41, 5.74) is 1.45. The molecule has 3 nitrogen and oxygen atoms in total. The van der Waals surface area contributed by atoms with Gasteiger partial charge in [-0.2, -0.15) is 13.2 Å². The molecule has 2 rings (SSSR count). The van der Waals surface area contributed by atoms with E-state index >= 15 is 0 Å². The molecule has 6 heteroatoms. The van der Waals surface area contributed by atoms with Crippen LogP contribution in [0.5, 0.6) is 0 Å². The van der Waals surface area contributed by atoms with Crippen LogP contribution >= 0.6 is 0 Å². The van der Waals surface area contributed by atoms with Crippen molar-refractivity contribution < 1.29 is 23.1 Å². The van der Waals surface area contributed by atoms with Crippen LogP contribution in [0.3, 0.4) is 0 Å². The summed E-state index contributed by atoms with van der Waals surface area (Å²) in [6, 6.07) is 4.76. The number of halogens is 3. The molecule has 0 spiro atoms. The van der Waals surface area contributed by atoms with Crippen molar-refractivity contribution in [2.24, 2.45) is 0 Å². The zero-order chi connectivity index (χ0) is 14.0. The fraction of sp³-hybridized carbons (Fsp3) is 0.462. The second-order valence-electron chi connectivity index (χ2n) is 4.56. The Kier molecular flexibility index (Phi) is 3.68. The maximum absolute atomic E-state index is 12.3. The van der Waals surface area contributed by atoms with Crippen LogP contribution in [0.25, 0.3) is 0 Å². The molecule has 0 saturated carbocycles. The summed E-state index contributed by atoms with van der Waals surface area (Å²) in [5.74, 6) is -1.03. The quantitative estimate of drug-likeness (QED) is 0.920. The first-order chi connectivity index (χ1) is 8.88. The van der Waals surface area contributed by atoms with Gasteiger partial charge >= 0.3 is 12.1 Å². The number of hydrogen-bond acceptors (Lipinski definition) is 2. The number of anilines is 1. The number of carboxylic acids is 1. The fourth-order valence-corrected chi connectivity index (χ4v) is 2.40. The third kappa shape index (κ3) is 3.19. The average molecular weight is 273 g/mol. The second kappa shape index (κ2) is 5.11. The van der Waals surface area contributed by atoms with Crippen molar-refractivity contribution in [3.05, 3.63) is 29.3 Å². The number of benzene rings is 1. The number of carboxylic acid groups (broad SMARTS) is 1. The van der Waals surface area contributed by atoms with E-state index in [2.05, 4.69) is 0 Å². The molecule has 0 bridgehead atoms. The molecule has 0 aromatic heterocycles. The van der Waals surface area contributed by atoms with Gasteiger partial charge in [0.05, 0.1) is 12.0 Å². The van der Waals surface area contributed by atoms with Crippen molar-refractivity contribution in [2.75, 3.05) is 18.0 Å². The second-order valence-corrected chi connectivity index (χ2v) is 4.56. The predicted octanol–water partition coefficient (Wildman–Crippen LogP) is 3.09. The Labute approximate surface area is 108 Å². The van der Waals surface area contributed by atoms with Gasteiger partial charge in [0.15, 0.2) is 0 Å². The normalized spacial score (nSPS) is 15.2. The fourth-order valence-electron chi connectivity index (χ4n) is 2.40. The largest absolute Gasteiger partial charge is 0.478 e. The van der Waals surface area contributed by atoms with Gasteiger partial charge < -0.3 is 10.0 Å². The number of aromatic carboxylic acids is 1. The lowest BCUT2D eigenvalue weighted by atomic mass is 9.96. The molecule has 0 unspecified atom stereocenters. The maximum atomic E-state index is 12.3. The Morgan fingerprint density at radius 1 is 1.37 bits per heavy atom. The van der Waals surface area contributed by atoms with Gasteiger partial charge in [-0.1, -0.05) is 6.07 Å². The molecular formula is C13H14F3NO2. The van der Waals surface area contributed by atoms with Gasteiger partial charge in [-0.05, 0) is 30.5 Å². The Balaban J connectivity index is 2.25. The first kappa shape index (κ1) is 13.7. The zero-order valence-electron chi connectivity index (χ0n) is 10.2. The Hall–Kier alpha value is -1.72. The van der Waals surface area contributed by atoms with Crippen molar-refractivity contribution in [2.45, 2.75) is 25.4 Å². The molecule has 0 atom stereocenters. The first-order valence-electron chi connectivity index (χ1n) is 6.05. The first-order valence-corrected chi connectivity index (χ1v) is 6.05. The third-order valence-electron chi connectivity index (χ3n) is 3.24. The summed E-state index contributed by atoms with van der Waals surface area (Å²) in [4.78, 5) is 12.7. The van der Waals surface area contributed by atoms with Gasteiger partial charge in [0.2, 0.25) is 0 Å². The minimum Gasteiger partial charge on any atom is -0.478 e. The van der Waals surface area contributed by atoms with E-state index in [0.29, 0.717) is 30.6 Å². The maximum Gasteiger partial charge on any atom is 0.390 e. The monoisotopic (exact) mass is 273 g/mol. The highest BCUT2D eigenvalue weighted by Crippen LogP contribution is 2.31. The standard InChI is InChI=1S/C13H14F3NO2/c14-13(15,16)6-8-17-7-2-4-9-10(12(18)19)3-1-5-11(9)17/h1,3,5H,2,4,6-8H2,(H,18,19). The summed E-state index contributed by atoms with van der Waals surface area (Å²) in [6.07, 6.45) is -3.80. The highest BCUT2D eigenvalue weighted by Gasteiger charge is 2.29. The minimum atomic E-state index is -4.19. The van der Waals surface area contributed by atoms with Crippen LogP contribution < -0.4 is 4.90 Å². The average Bonchev–Trinajstić information content (AvgIpc) is 2.34. The summed E-state index contributed by atoms with van der Waals surface area (Å²) in [7, 11) is 0. The molecule has 0 amide bonds. The number of hydrogen-bond donors (Lipinski definition) is 1. The molecule has 1 aliphatic heterocycles. The summed E-state index contributed by atoms with van der Waals surface area (Å²) < 4.78 is 36.8. The Morgan fingerprint density at radius 2 is 2.11 bits per heavy atom. The smallest absolute Gasteiger partial charge is 0.390 e. The summed E-state index contributed by atoms with van der Waals surface area (Å²) in [5, 5.41) is 9.09. The lowest BCUT2D eigenvalue weighted by Gasteiger charge is -2.32. The van der Waals surface area contributed by atoms with Gasteiger partial charge in [0, 0.05) is 18.8 Å². The van der Waals surface area contributed by atoms with Crippen LogP contribution in [0.15, 0.2) is 18.2 Å². The number of nitrogens with zero attached hydrogens (tertiary/aromatic N) is 1. The van der Waals surface area contributed by atoms with Crippen molar-refractivity contribution in [1.29, 1.82) is 0 Å². The van der Waals surface area contributed by atoms with Crippen molar-refractivity contribution in [1.82, 2.24) is 0 Å². The van der Waals surface area contributed by atoms with Crippen LogP contribution in [0.4, 0.5) is 18.9 Å².